The quantitative estimate of drug-likeness (QED) is 0.739. The summed E-state index contributed by atoms with van der Waals surface area (Å²) in [5.74, 6) is -0.589. The Morgan fingerprint density at radius 3 is 2.93 bits per heavy atom. The normalized spacial score (nSPS) is 22.3. The van der Waals surface area contributed by atoms with E-state index in [9.17, 15) is 9.18 Å². The number of halogens is 1. The monoisotopic (exact) mass is 367 g/mol. The minimum Gasteiger partial charge on any atom is -0.377 e. The van der Waals surface area contributed by atoms with E-state index >= 15 is 0 Å². The van der Waals surface area contributed by atoms with Crippen LogP contribution in [-0.4, -0.2) is 32.2 Å². The number of pyridine rings is 1. The van der Waals surface area contributed by atoms with Crippen molar-refractivity contribution in [3.63, 3.8) is 0 Å². The fraction of sp³-hybridized carbons (Fsp3) is 0.350. The van der Waals surface area contributed by atoms with E-state index in [4.69, 9.17) is 5.73 Å². The summed E-state index contributed by atoms with van der Waals surface area (Å²) in [6.07, 6.45) is 8.87. The van der Waals surface area contributed by atoms with E-state index in [2.05, 4.69) is 15.4 Å². The Labute approximate surface area is 156 Å². The van der Waals surface area contributed by atoms with Crippen LogP contribution < -0.4 is 11.1 Å². The van der Waals surface area contributed by atoms with Crippen LogP contribution in [0, 0.1) is 6.92 Å². The smallest absolute Gasteiger partial charge is 0.252 e. The number of carbonyl (C=O) groups excluding carboxylic acids is 1. The highest BCUT2D eigenvalue weighted by Crippen LogP contribution is 2.37. The van der Waals surface area contributed by atoms with Crippen LogP contribution in [0.4, 0.5) is 10.1 Å². The summed E-state index contributed by atoms with van der Waals surface area (Å²) >= 11 is 0. The van der Waals surface area contributed by atoms with Crippen LogP contribution >= 0.6 is 0 Å². The predicted molar refractivity (Wildman–Crippen MR) is 102 cm³/mol. The zero-order chi connectivity index (χ0) is 19.2. The fourth-order valence-electron chi connectivity index (χ4n) is 3.86. The number of aromatic nitrogens is 3. The molecule has 7 heteroatoms. The standard InChI is InChI=1S/C20H22FN5O/c1-12-9-23-7-5-14(12)13-8-16-18(25-17-4-3-6-20(17,2)21)15(19(22)27)10-24-26(16)11-13/h5,7-11,17,25H,3-4,6H2,1-2H3,(H2,22,27)/t17-,20+/m1/s1. The SMILES string of the molecule is Cc1cnccc1-c1cc2c(N[C@@H]3CCC[C@]3(C)F)c(C(N)=O)cnn2c1. The Hall–Kier alpha value is -2.96. The molecular weight excluding hydrogens is 345 g/mol. The highest BCUT2D eigenvalue weighted by molar-refractivity contribution is 6.02. The number of hydrogen-bond donors (Lipinski definition) is 2. The van der Waals surface area contributed by atoms with Crippen molar-refractivity contribution in [3.05, 3.63) is 48.0 Å². The maximum atomic E-state index is 14.8. The van der Waals surface area contributed by atoms with Gasteiger partial charge in [-0.3, -0.25) is 9.78 Å². The van der Waals surface area contributed by atoms with Crippen LogP contribution in [0.25, 0.3) is 16.6 Å². The Bertz CT molecular complexity index is 1030. The van der Waals surface area contributed by atoms with Crippen molar-refractivity contribution in [2.24, 2.45) is 5.73 Å². The molecule has 0 bridgehead atoms. The van der Waals surface area contributed by atoms with Crippen LogP contribution in [0.5, 0.6) is 0 Å². The number of alkyl halides is 1. The molecule has 1 aliphatic carbocycles. The van der Waals surface area contributed by atoms with Crippen LogP contribution in [-0.2, 0) is 0 Å². The molecular formula is C20H22FN5O. The van der Waals surface area contributed by atoms with E-state index in [1.54, 1.807) is 23.8 Å². The summed E-state index contributed by atoms with van der Waals surface area (Å²) < 4.78 is 16.5. The average Bonchev–Trinajstić information content (AvgIpc) is 3.18. The van der Waals surface area contributed by atoms with E-state index in [1.807, 2.05) is 25.3 Å². The number of hydrogen-bond acceptors (Lipinski definition) is 4. The summed E-state index contributed by atoms with van der Waals surface area (Å²) in [6.45, 7) is 3.59. The number of nitrogens with one attached hydrogen (secondary N) is 1. The number of anilines is 1. The van der Waals surface area contributed by atoms with Gasteiger partial charge in [-0.25, -0.2) is 8.91 Å². The van der Waals surface area contributed by atoms with Gasteiger partial charge in [0.15, 0.2) is 0 Å². The van der Waals surface area contributed by atoms with Gasteiger partial charge < -0.3 is 11.1 Å². The maximum Gasteiger partial charge on any atom is 0.252 e. The lowest BCUT2D eigenvalue weighted by molar-refractivity contribution is 0.1000. The number of fused-ring (bicyclic) bond motifs is 1. The van der Waals surface area contributed by atoms with Crippen LogP contribution in [0.1, 0.15) is 42.1 Å². The summed E-state index contributed by atoms with van der Waals surface area (Å²) in [7, 11) is 0. The first-order valence-electron chi connectivity index (χ1n) is 9.04. The van der Waals surface area contributed by atoms with Gasteiger partial charge in [0.2, 0.25) is 0 Å². The van der Waals surface area contributed by atoms with Gasteiger partial charge in [0.1, 0.15) is 5.67 Å². The van der Waals surface area contributed by atoms with Gasteiger partial charge in [-0.05, 0) is 56.4 Å². The first-order chi connectivity index (χ1) is 12.9. The third-order valence-corrected chi connectivity index (χ3v) is 5.44. The Balaban J connectivity index is 1.86. The number of carbonyl (C=O) groups is 1. The molecule has 3 heterocycles. The van der Waals surface area contributed by atoms with Crippen LogP contribution in [0.2, 0.25) is 0 Å². The fourth-order valence-corrected chi connectivity index (χ4v) is 3.86. The topological polar surface area (TPSA) is 85.3 Å². The molecule has 3 aromatic heterocycles. The molecule has 0 spiro atoms. The molecule has 0 saturated heterocycles. The van der Waals surface area contributed by atoms with Gasteiger partial charge in [0.25, 0.3) is 5.91 Å². The Morgan fingerprint density at radius 2 is 2.26 bits per heavy atom. The summed E-state index contributed by atoms with van der Waals surface area (Å²) in [5, 5.41) is 7.57. The lowest BCUT2D eigenvalue weighted by Gasteiger charge is -2.26. The summed E-state index contributed by atoms with van der Waals surface area (Å²) in [6, 6.07) is 3.50. The average molecular weight is 367 g/mol. The van der Waals surface area contributed by atoms with Gasteiger partial charge in [0, 0.05) is 24.2 Å². The molecule has 4 rings (SSSR count). The zero-order valence-electron chi connectivity index (χ0n) is 15.4. The summed E-state index contributed by atoms with van der Waals surface area (Å²) in [5.41, 5.74) is 8.73. The highest BCUT2D eigenvalue weighted by atomic mass is 19.1. The van der Waals surface area contributed by atoms with Crippen molar-refractivity contribution in [1.82, 2.24) is 14.6 Å². The molecule has 0 aromatic carbocycles. The predicted octanol–water partition coefficient (Wildman–Crippen LogP) is 3.50. The Morgan fingerprint density at radius 1 is 1.44 bits per heavy atom. The first-order valence-corrected chi connectivity index (χ1v) is 9.04. The molecule has 1 aliphatic rings. The van der Waals surface area contributed by atoms with E-state index < -0.39 is 11.6 Å². The van der Waals surface area contributed by atoms with Crippen LogP contribution in [0.15, 0.2) is 36.9 Å². The molecule has 0 unspecified atom stereocenters. The zero-order valence-corrected chi connectivity index (χ0v) is 15.4. The number of nitrogens with two attached hydrogens (primary N) is 1. The molecule has 27 heavy (non-hydrogen) atoms. The molecule has 0 aliphatic heterocycles. The van der Waals surface area contributed by atoms with Gasteiger partial charge in [-0.1, -0.05) is 0 Å². The summed E-state index contributed by atoms with van der Waals surface area (Å²) in [4.78, 5) is 16.1. The number of amides is 1. The van der Waals surface area contributed by atoms with Crippen molar-refractivity contribution in [2.45, 2.75) is 44.8 Å². The van der Waals surface area contributed by atoms with Crippen LogP contribution in [0.3, 0.4) is 0 Å². The van der Waals surface area contributed by atoms with Gasteiger partial charge in [-0.15, -0.1) is 0 Å². The maximum absolute atomic E-state index is 14.8. The lowest BCUT2D eigenvalue weighted by atomic mass is 10.0. The largest absolute Gasteiger partial charge is 0.377 e. The molecule has 1 amide bonds. The minimum absolute atomic E-state index is 0.265. The molecule has 1 saturated carbocycles. The molecule has 3 aromatic rings. The molecule has 2 atom stereocenters. The number of aryl methyl sites for hydroxylation is 1. The van der Waals surface area contributed by atoms with E-state index in [0.29, 0.717) is 24.0 Å². The lowest BCUT2D eigenvalue weighted by Crippen LogP contribution is -2.36. The van der Waals surface area contributed by atoms with E-state index in [0.717, 1.165) is 23.1 Å². The molecule has 140 valence electrons. The molecule has 6 nitrogen and oxygen atoms in total. The van der Waals surface area contributed by atoms with Crippen molar-refractivity contribution >= 4 is 17.1 Å². The van der Waals surface area contributed by atoms with Gasteiger partial charge in [0.05, 0.1) is 29.0 Å². The molecule has 0 radical (unpaired) electrons. The number of primary amides is 1. The minimum atomic E-state index is -1.33. The van der Waals surface area contributed by atoms with Crippen molar-refractivity contribution in [3.8, 4) is 11.1 Å². The van der Waals surface area contributed by atoms with Crippen molar-refractivity contribution < 1.29 is 9.18 Å². The second kappa shape index (κ2) is 6.33. The molecule has 1 fully saturated rings. The highest BCUT2D eigenvalue weighted by Gasteiger charge is 2.39. The van der Waals surface area contributed by atoms with Gasteiger partial charge in [-0.2, -0.15) is 5.10 Å². The van der Waals surface area contributed by atoms with Gasteiger partial charge >= 0.3 is 0 Å². The number of rotatable bonds is 4. The molecule has 3 N–H and O–H groups in total. The van der Waals surface area contributed by atoms with E-state index in [1.165, 1.54) is 6.20 Å². The third-order valence-electron chi connectivity index (χ3n) is 5.44. The second-order valence-corrected chi connectivity index (χ2v) is 7.41. The number of nitrogens with zero attached hydrogens (tertiary/aromatic N) is 3. The Kier molecular flexibility index (Phi) is 4.09. The van der Waals surface area contributed by atoms with E-state index in [-0.39, 0.29) is 11.6 Å². The van der Waals surface area contributed by atoms with Crippen molar-refractivity contribution in [1.29, 1.82) is 0 Å². The third kappa shape index (κ3) is 3.03. The first kappa shape index (κ1) is 17.5. The van der Waals surface area contributed by atoms with Crippen molar-refractivity contribution in [2.75, 3.05) is 5.32 Å². The second-order valence-electron chi connectivity index (χ2n) is 7.41.